The van der Waals surface area contributed by atoms with Gasteiger partial charge in [-0.15, -0.1) is 0 Å². The fraction of sp³-hybridized carbons (Fsp3) is 0.333. The highest BCUT2D eigenvalue weighted by Crippen LogP contribution is 1.97. The maximum atomic E-state index is 5.24. The van der Waals surface area contributed by atoms with E-state index in [0.29, 0.717) is 0 Å². The van der Waals surface area contributed by atoms with Gasteiger partial charge in [0.2, 0.25) is 0 Å². The smallest absolute Gasteiger partial charge is 0.166 e. The predicted molar refractivity (Wildman–Crippen MR) is 85.6 cm³/mol. The van der Waals surface area contributed by atoms with E-state index in [0.717, 1.165) is 37.6 Å². The molecule has 106 valence electrons. The molecule has 2 aromatic rings. The van der Waals surface area contributed by atoms with Crippen molar-refractivity contribution in [2.75, 3.05) is 13.1 Å². The van der Waals surface area contributed by atoms with Gasteiger partial charge in [0.15, 0.2) is 5.11 Å². The molecule has 5 heteroatoms. The van der Waals surface area contributed by atoms with Crippen LogP contribution in [-0.2, 0) is 13.0 Å². The predicted octanol–water partition coefficient (Wildman–Crippen LogP) is 1.98. The van der Waals surface area contributed by atoms with E-state index < -0.39 is 0 Å². The molecule has 1 aromatic heterocycles. The molecule has 0 unspecified atom stereocenters. The minimum atomic E-state index is 0.724. The molecule has 0 spiro atoms. The van der Waals surface area contributed by atoms with Crippen LogP contribution >= 0.6 is 12.2 Å². The van der Waals surface area contributed by atoms with E-state index in [4.69, 9.17) is 12.2 Å². The van der Waals surface area contributed by atoms with Crippen molar-refractivity contribution in [3.8, 4) is 0 Å². The van der Waals surface area contributed by atoms with Crippen molar-refractivity contribution in [3.63, 3.8) is 0 Å². The summed E-state index contributed by atoms with van der Waals surface area (Å²) in [4.78, 5) is 0. The second-order valence-corrected chi connectivity index (χ2v) is 4.95. The van der Waals surface area contributed by atoms with Crippen molar-refractivity contribution >= 4 is 17.3 Å². The molecule has 1 aromatic carbocycles. The molecule has 4 nitrogen and oxygen atoms in total. The Morgan fingerprint density at radius 2 is 1.90 bits per heavy atom. The van der Waals surface area contributed by atoms with Gasteiger partial charge in [-0.25, -0.2) is 0 Å². The fourth-order valence-corrected chi connectivity index (χ4v) is 2.11. The zero-order valence-electron chi connectivity index (χ0n) is 11.5. The normalized spacial score (nSPS) is 10.2. The summed E-state index contributed by atoms with van der Waals surface area (Å²) in [5.74, 6) is 0. The van der Waals surface area contributed by atoms with Gasteiger partial charge in [-0.05, 0) is 36.7 Å². The second-order valence-electron chi connectivity index (χ2n) is 4.54. The zero-order chi connectivity index (χ0) is 14.0. The van der Waals surface area contributed by atoms with Crippen molar-refractivity contribution in [1.29, 1.82) is 0 Å². The summed E-state index contributed by atoms with van der Waals surface area (Å²) in [6.07, 6.45) is 5.75. The standard InChI is InChI=1S/C15H20N4S/c20-15(16-9-4-12-19-13-5-10-18-19)17-11-8-14-6-2-1-3-7-14/h1-3,5-7,10,13H,4,8-9,11-12H2,(H2,16,17,20). The molecule has 0 radical (unpaired) electrons. The minimum absolute atomic E-state index is 0.724. The van der Waals surface area contributed by atoms with Crippen LogP contribution in [-0.4, -0.2) is 28.0 Å². The van der Waals surface area contributed by atoms with Crippen LogP contribution in [0.15, 0.2) is 48.8 Å². The fourth-order valence-electron chi connectivity index (χ4n) is 1.90. The maximum absolute atomic E-state index is 5.24. The van der Waals surface area contributed by atoms with Crippen LogP contribution < -0.4 is 10.6 Å². The van der Waals surface area contributed by atoms with Gasteiger partial charge in [0.1, 0.15) is 0 Å². The van der Waals surface area contributed by atoms with Crippen LogP contribution in [0.1, 0.15) is 12.0 Å². The average Bonchev–Trinajstić information content (AvgIpc) is 2.98. The van der Waals surface area contributed by atoms with Crippen molar-refractivity contribution in [2.24, 2.45) is 0 Å². The van der Waals surface area contributed by atoms with E-state index in [2.05, 4.69) is 40.0 Å². The highest BCUT2D eigenvalue weighted by atomic mass is 32.1. The van der Waals surface area contributed by atoms with Crippen LogP contribution in [0.4, 0.5) is 0 Å². The van der Waals surface area contributed by atoms with Crippen LogP contribution in [0.5, 0.6) is 0 Å². The lowest BCUT2D eigenvalue weighted by molar-refractivity contribution is 0.571. The van der Waals surface area contributed by atoms with Gasteiger partial charge in [0.25, 0.3) is 0 Å². The number of hydrogen-bond donors (Lipinski definition) is 2. The molecule has 0 aliphatic carbocycles. The van der Waals surface area contributed by atoms with Gasteiger partial charge < -0.3 is 10.6 Å². The molecule has 0 aliphatic heterocycles. The molecule has 0 fully saturated rings. The minimum Gasteiger partial charge on any atom is -0.363 e. The van der Waals surface area contributed by atoms with Gasteiger partial charge in [0.05, 0.1) is 0 Å². The third-order valence-electron chi connectivity index (χ3n) is 2.95. The Morgan fingerprint density at radius 1 is 1.10 bits per heavy atom. The van der Waals surface area contributed by atoms with Gasteiger partial charge in [0, 0.05) is 32.0 Å². The highest BCUT2D eigenvalue weighted by molar-refractivity contribution is 7.80. The number of benzene rings is 1. The molecular weight excluding hydrogens is 268 g/mol. The number of aromatic nitrogens is 2. The Hall–Kier alpha value is -1.88. The first-order valence-electron chi connectivity index (χ1n) is 6.87. The summed E-state index contributed by atoms with van der Waals surface area (Å²) in [5.41, 5.74) is 1.32. The first-order valence-corrected chi connectivity index (χ1v) is 7.28. The molecule has 20 heavy (non-hydrogen) atoms. The molecule has 0 saturated heterocycles. The number of rotatable bonds is 7. The third kappa shape index (κ3) is 5.40. The summed E-state index contributed by atoms with van der Waals surface area (Å²) < 4.78 is 1.92. The average molecular weight is 288 g/mol. The zero-order valence-corrected chi connectivity index (χ0v) is 12.3. The molecule has 0 bridgehead atoms. The van der Waals surface area contributed by atoms with E-state index in [1.54, 1.807) is 6.20 Å². The molecule has 0 atom stereocenters. The van der Waals surface area contributed by atoms with Crippen LogP contribution in [0.2, 0.25) is 0 Å². The SMILES string of the molecule is S=C(NCCCn1cccn1)NCCc1ccccc1. The summed E-state index contributed by atoms with van der Waals surface area (Å²) in [5, 5.41) is 11.3. The number of aryl methyl sites for hydroxylation is 1. The van der Waals surface area contributed by atoms with E-state index in [9.17, 15) is 0 Å². The van der Waals surface area contributed by atoms with E-state index in [-0.39, 0.29) is 0 Å². The Balaban J connectivity index is 1.52. The molecule has 2 N–H and O–H groups in total. The van der Waals surface area contributed by atoms with Crippen molar-refractivity contribution < 1.29 is 0 Å². The van der Waals surface area contributed by atoms with Crippen molar-refractivity contribution in [2.45, 2.75) is 19.4 Å². The largest absolute Gasteiger partial charge is 0.363 e. The number of nitrogens with zero attached hydrogens (tertiary/aromatic N) is 2. The molecule has 0 aliphatic rings. The lowest BCUT2D eigenvalue weighted by Gasteiger charge is -2.10. The van der Waals surface area contributed by atoms with E-state index in [1.807, 2.05) is 23.0 Å². The Labute approximate surface area is 125 Å². The second kappa shape index (κ2) is 8.32. The van der Waals surface area contributed by atoms with Gasteiger partial charge >= 0.3 is 0 Å². The summed E-state index contributed by atoms with van der Waals surface area (Å²) >= 11 is 5.24. The van der Waals surface area contributed by atoms with Gasteiger partial charge in [-0.2, -0.15) is 5.10 Å². The lowest BCUT2D eigenvalue weighted by atomic mass is 10.1. The first kappa shape index (κ1) is 14.5. The molecular formula is C15H20N4S. The number of hydrogen-bond acceptors (Lipinski definition) is 2. The molecule has 1 heterocycles. The molecule has 0 amide bonds. The third-order valence-corrected chi connectivity index (χ3v) is 3.24. The number of thiocarbonyl (C=S) groups is 1. The Bertz CT molecular complexity index is 496. The first-order chi connectivity index (χ1) is 9.84. The van der Waals surface area contributed by atoms with Crippen LogP contribution in [0.25, 0.3) is 0 Å². The quantitative estimate of drug-likeness (QED) is 0.604. The molecule has 2 rings (SSSR count). The summed E-state index contributed by atoms with van der Waals surface area (Å²) in [6.45, 7) is 2.62. The highest BCUT2D eigenvalue weighted by Gasteiger charge is 1.96. The van der Waals surface area contributed by atoms with Crippen LogP contribution in [0, 0.1) is 0 Å². The van der Waals surface area contributed by atoms with Crippen LogP contribution in [0.3, 0.4) is 0 Å². The lowest BCUT2D eigenvalue weighted by Crippen LogP contribution is -2.37. The van der Waals surface area contributed by atoms with Crippen molar-refractivity contribution in [3.05, 3.63) is 54.4 Å². The maximum Gasteiger partial charge on any atom is 0.166 e. The summed E-state index contributed by atoms with van der Waals surface area (Å²) in [6, 6.07) is 12.3. The Kier molecular flexibility index (Phi) is 6.05. The molecule has 0 saturated carbocycles. The van der Waals surface area contributed by atoms with E-state index in [1.165, 1.54) is 5.56 Å². The Morgan fingerprint density at radius 3 is 2.65 bits per heavy atom. The monoisotopic (exact) mass is 288 g/mol. The van der Waals surface area contributed by atoms with Gasteiger partial charge in [-0.3, -0.25) is 4.68 Å². The van der Waals surface area contributed by atoms with Crippen molar-refractivity contribution in [1.82, 2.24) is 20.4 Å². The summed E-state index contributed by atoms with van der Waals surface area (Å²) in [7, 11) is 0. The number of nitrogens with one attached hydrogen (secondary N) is 2. The van der Waals surface area contributed by atoms with Gasteiger partial charge in [-0.1, -0.05) is 30.3 Å². The topological polar surface area (TPSA) is 41.9 Å². The van der Waals surface area contributed by atoms with E-state index >= 15 is 0 Å².